The fourth-order valence-corrected chi connectivity index (χ4v) is 7.74. The topological polar surface area (TPSA) is 152 Å². The molecule has 8 rings (SSSR count). The lowest BCUT2D eigenvalue weighted by molar-refractivity contribution is -0.135. The molecule has 2 amide bonds. The van der Waals surface area contributed by atoms with E-state index in [2.05, 4.69) is 92.3 Å². The molecule has 54 heavy (non-hydrogen) atoms. The van der Waals surface area contributed by atoms with Gasteiger partial charge in [0.1, 0.15) is 17.7 Å². The Hall–Kier alpha value is -4.60. The number of alkyl carbamates (subject to hydrolysis) is 1. The predicted molar refractivity (Wildman–Crippen MR) is 216 cm³/mol. The second-order valence-corrected chi connectivity index (χ2v) is 14.8. The minimum atomic E-state index is -0.670. The van der Waals surface area contributed by atoms with Crippen molar-refractivity contribution in [2.24, 2.45) is 17.3 Å². The summed E-state index contributed by atoms with van der Waals surface area (Å²) in [5.41, 5.74) is 6.33. The Labute approximate surface area is 333 Å². The zero-order chi connectivity index (χ0) is 35.3. The number of aromatic amines is 2. The van der Waals surface area contributed by atoms with E-state index in [1.807, 2.05) is 31.1 Å². The van der Waals surface area contributed by atoms with Crippen LogP contribution in [-0.2, 0) is 9.53 Å². The molecule has 3 fully saturated rings. The molecule has 3 aromatic carbocycles. The molecule has 1 spiro atoms. The molecule has 1 aliphatic carbocycles. The highest BCUT2D eigenvalue weighted by atomic mass is 35.5. The number of imidazole rings is 2. The Balaban J connectivity index is 0.00000187. The van der Waals surface area contributed by atoms with Crippen molar-refractivity contribution in [3.63, 3.8) is 0 Å². The number of nitrogens with zero attached hydrogens (tertiary/aromatic N) is 4. The predicted octanol–water partition coefficient (Wildman–Crippen LogP) is 8.16. The van der Waals surface area contributed by atoms with Crippen molar-refractivity contribution in [3.8, 4) is 39.7 Å². The summed E-state index contributed by atoms with van der Waals surface area (Å²) in [6.45, 7) is 5.23. The third-order valence-electron chi connectivity index (χ3n) is 11.0. The third kappa shape index (κ3) is 7.94. The van der Waals surface area contributed by atoms with E-state index >= 15 is 0 Å². The summed E-state index contributed by atoms with van der Waals surface area (Å²) >= 11 is 0. The molecule has 284 valence electrons. The van der Waals surface area contributed by atoms with Gasteiger partial charge in [-0.05, 0) is 76.6 Å². The van der Waals surface area contributed by atoms with Crippen molar-refractivity contribution in [1.29, 1.82) is 5.26 Å². The van der Waals surface area contributed by atoms with E-state index < -0.39 is 12.1 Å². The van der Waals surface area contributed by atoms with Crippen LogP contribution in [0.3, 0.4) is 0 Å². The minimum Gasteiger partial charge on any atom is -0.453 e. The molecule has 4 atom stereocenters. The van der Waals surface area contributed by atoms with Crippen LogP contribution in [0.15, 0.2) is 73.1 Å². The van der Waals surface area contributed by atoms with Gasteiger partial charge in [0.2, 0.25) is 5.91 Å². The van der Waals surface area contributed by atoms with Crippen LogP contribution in [-0.4, -0.2) is 63.1 Å². The molecule has 2 aliphatic heterocycles. The molecule has 5 aromatic rings. The Kier molecular flexibility index (Phi) is 12.3. The van der Waals surface area contributed by atoms with Crippen LogP contribution >= 0.6 is 37.2 Å². The summed E-state index contributed by atoms with van der Waals surface area (Å²) in [4.78, 5) is 44.1. The number of benzene rings is 3. The van der Waals surface area contributed by atoms with E-state index in [1.165, 1.54) is 7.11 Å². The largest absolute Gasteiger partial charge is 0.453 e. The first-order valence-corrected chi connectivity index (χ1v) is 17.8. The van der Waals surface area contributed by atoms with E-state index in [9.17, 15) is 14.9 Å². The Morgan fingerprint density at radius 3 is 2.11 bits per heavy atom. The van der Waals surface area contributed by atoms with Gasteiger partial charge >= 0.3 is 6.09 Å². The number of aromatic nitrogens is 4. The van der Waals surface area contributed by atoms with E-state index in [0.717, 1.165) is 81.7 Å². The number of likely N-dealkylation sites (tertiary alicyclic amines) is 1. The first-order valence-electron chi connectivity index (χ1n) is 17.8. The quantitative estimate of drug-likeness (QED) is 0.124. The van der Waals surface area contributed by atoms with E-state index in [1.54, 1.807) is 0 Å². The number of hydrogen-bond donors (Lipinski definition) is 4. The summed E-state index contributed by atoms with van der Waals surface area (Å²) in [7, 11) is 1.31. The molecule has 1 saturated carbocycles. The number of methoxy groups -OCH3 is 1. The van der Waals surface area contributed by atoms with Crippen molar-refractivity contribution in [3.05, 3.63) is 84.7 Å². The van der Waals surface area contributed by atoms with Crippen molar-refractivity contribution < 1.29 is 14.3 Å². The summed E-state index contributed by atoms with van der Waals surface area (Å²) in [6.07, 6.45) is 6.95. The van der Waals surface area contributed by atoms with Crippen LogP contribution in [0.4, 0.5) is 4.79 Å². The maximum Gasteiger partial charge on any atom is 0.407 e. The zero-order valence-electron chi connectivity index (χ0n) is 30.3. The van der Waals surface area contributed by atoms with Crippen molar-refractivity contribution in [2.45, 2.75) is 57.7 Å². The maximum absolute atomic E-state index is 13.8. The number of carbonyl (C=O) groups is 2. The Bertz CT molecular complexity index is 2160. The van der Waals surface area contributed by atoms with Gasteiger partial charge in [-0.25, -0.2) is 14.8 Å². The average molecular weight is 792 g/mol. The molecule has 4 unspecified atom stereocenters. The van der Waals surface area contributed by atoms with E-state index in [0.29, 0.717) is 13.1 Å². The van der Waals surface area contributed by atoms with Gasteiger partial charge in [0.25, 0.3) is 0 Å². The molecule has 2 saturated heterocycles. The van der Waals surface area contributed by atoms with E-state index in [4.69, 9.17) is 9.72 Å². The highest BCUT2D eigenvalue weighted by molar-refractivity contribution is 5.91. The average Bonchev–Trinajstić information content (AvgIpc) is 3.68. The molecule has 4 heterocycles. The van der Waals surface area contributed by atoms with Gasteiger partial charge in [0, 0.05) is 18.7 Å². The zero-order valence-corrected chi connectivity index (χ0v) is 32.7. The van der Waals surface area contributed by atoms with Crippen molar-refractivity contribution in [2.75, 3.05) is 20.2 Å². The van der Waals surface area contributed by atoms with Crippen LogP contribution in [0.1, 0.15) is 63.3 Å². The number of amides is 2. The normalized spacial score (nSPS) is 20.1. The summed E-state index contributed by atoms with van der Waals surface area (Å²) < 4.78 is 4.80. The molecule has 4 N–H and O–H groups in total. The van der Waals surface area contributed by atoms with Crippen LogP contribution in [0.25, 0.3) is 44.4 Å². The third-order valence-corrected chi connectivity index (χ3v) is 11.0. The van der Waals surface area contributed by atoms with Crippen molar-refractivity contribution in [1.82, 2.24) is 35.5 Å². The molecule has 2 aromatic heterocycles. The number of hydrogen-bond acceptors (Lipinski definition) is 7. The number of H-pyrrole nitrogens is 2. The molecule has 0 bridgehead atoms. The highest BCUT2D eigenvalue weighted by Gasteiger charge is 2.55. The van der Waals surface area contributed by atoms with Gasteiger partial charge in [-0.15, -0.1) is 37.2 Å². The number of rotatable bonds is 8. The number of halogens is 3. The fraction of sp³-hybridized carbons (Fsp3) is 0.375. The van der Waals surface area contributed by atoms with Crippen LogP contribution in [0.5, 0.6) is 0 Å². The lowest BCUT2D eigenvalue weighted by Crippen LogP contribution is -2.51. The van der Waals surface area contributed by atoms with Gasteiger partial charge in [-0.2, -0.15) is 5.26 Å². The minimum absolute atomic E-state index is 0. The SMILES string of the molecule is COC(=O)NC(C(=O)N1CC2(CC2)CC1c1ncc(-c2ccc(-c3ccc4cc(-c5cnc(C6CC(C#N)CN6)[nH]5)ccc4c3)cc2)[nH]1)C(C)C.Cl.Cl.Cl. The van der Waals surface area contributed by atoms with Gasteiger partial charge in [-0.3, -0.25) is 4.79 Å². The number of ether oxygens (including phenoxy) is 1. The molecule has 3 aliphatic rings. The molecular weight excluding hydrogens is 747 g/mol. The van der Waals surface area contributed by atoms with Gasteiger partial charge in [0.15, 0.2) is 0 Å². The standard InChI is InChI=1S/C40H42N8O3.3ClH/c1-23(2)35(47-39(50)51-3)38(49)48-22-40(12-13-40)17-34(48)37-44-20-32(46-37)26-6-4-25(5-7-26)27-8-9-29-16-30(11-10-28(29)15-27)33-21-43-36(45-33)31-14-24(18-41)19-42-31;;;/h4-11,15-16,20-21,23-24,31,34-35,42H,12-14,17,19,22H2,1-3H3,(H,43,45)(H,44,46)(H,47,50);3*1H. The number of nitriles is 1. The van der Waals surface area contributed by atoms with Crippen molar-refractivity contribution >= 4 is 60.0 Å². The second kappa shape index (κ2) is 16.4. The van der Waals surface area contributed by atoms with Gasteiger partial charge in [-0.1, -0.05) is 62.4 Å². The van der Waals surface area contributed by atoms with E-state index in [-0.39, 0.29) is 72.5 Å². The smallest absolute Gasteiger partial charge is 0.407 e. The molecule has 11 nitrogen and oxygen atoms in total. The number of fused-ring (bicyclic) bond motifs is 1. The van der Waals surface area contributed by atoms with Gasteiger partial charge < -0.3 is 30.2 Å². The number of carbonyl (C=O) groups excluding carboxylic acids is 2. The summed E-state index contributed by atoms with van der Waals surface area (Å²) in [5, 5.41) is 17.7. The second-order valence-electron chi connectivity index (χ2n) is 14.8. The first kappa shape index (κ1) is 40.6. The lowest BCUT2D eigenvalue weighted by Gasteiger charge is -2.30. The summed E-state index contributed by atoms with van der Waals surface area (Å²) in [6, 6.07) is 23.0. The van der Waals surface area contributed by atoms with Crippen LogP contribution in [0.2, 0.25) is 0 Å². The number of nitrogens with one attached hydrogen (secondary N) is 4. The Morgan fingerprint density at radius 2 is 1.48 bits per heavy atom. The molecular formula is C40H45Cl3N8O3. The lowest BCUT2D eigenvalue weighted by atomic mass is 9.98. The van der Waals surface area contributed by atoms with Gasteiger partial charge in [0.05, 0.1) is 55.0 Å². The van der Waals surface area contributed by atoms with Crippen LogP contribution < -0.4 is 10.6 Å². The Morgan fingerprint density at radius 1 is 0.889 bits per heavy atom. The molecule has 0 radical (unpaired) electrons. The fourth-order valence-electron chi connectivity index (χ4n) is 7.74. The first-order chi connectivity index (χ1) is 24.7. The summed E-state index contributed by atoms with van der Waals surface area (Å²) in [5.74, 6) is 1.49. The monoisotopic (exact) mass is 790 g/mol. The highest BCUT2D eigenvalue weighted by Crippen LogP contribution is 2.58. The maximum atomic E-state index is 13.8. The van der Waals surface area contributed by atoms with Crippen LogP contribution in [0, 0.1) is 28.6 Å². The molecule has 14 heteroatoms.